The van der Waals surface area contributed by atoms with Crippen LogP contribution in [0.5, 0.6) is 0 Å². The molecule has 3 aromatic rings. The number of hydrogen-bond donors (Lipinski definition) is 1. The second kappa shape index (κ2) is 6.69. The van der Waals surface area contributed by atoms with Gasteiger partial charge in [-0.3, -0.25) is 0 Å². The molecule has 0 bridgehead atoms. The van der Waals surface area contributed by atoms with Gasteiger partial charge < -0.3 is 9.73 Å². The average molecular weight is 414 g/mol. The van der Waals surface area contributed by atoms with Crippen molar-refractivity contribution in [2.75, 3.05) is 5.32 Å². The fourth-order valence-electron chi connectivity index (χ4n) is 3.04. The zero-order valence-corrected chi connectivity index (χ0v) is 14.9. The van der Waals surface area contributed by atoms with Gasteiger partial charge in [-0.05, 0) is 25.3 Å². The second-order valence-electron chi connectivity index (χ2n) is 6.37. The summed E-state index contributed by atoms with van der Waals surface area (Å²) in [5.74, 6) is -2.11. The first-order chi connectivity index (χ1) is 13.3. The Morgan fingerprint density at radius 3 is 2.39 bits per heavy atom. The summed E-state index contributed by atoms with van der Waals surface area (Å²) in [6.45, 7) is 0. The lowest BCUT2D eigenvalue weighted by Gasteiger charge is -2.43. The second-order valence-corrected chi connectivity index (χ2v) is 6.77. The van der Waals surface area contributed by atoms with Crippen LogP contribution in [-0.4, -0.2) is 20.2 Å². The molecule has 1 aliphatic carbocycles. The largest absolute Gasteiger partial charge is 0.470 e. The Bertz CT molecular complexity index is 1000. The third-order valence-corrected chi connectivity index (χ3v) is 4.88. The highest BCUT2D eigenvalue weighted by Gasteiger charge is 2.42. The minimum Gasteiger partial charge on any atom is -0.413 e. The van der Waals surface area contributed by atoms with Crippen LogP contribution in [0.25, 0.3) is 11.5 Å². The molecule has 0 atom stereocenters. The fourth-order valence-corrected chi connectivity index (χ4v) is 3.21. The summed E-state index contributed by atoms with van der Waals surface area (Å²) in [6.07, 6.45) is -0.0141. The van der Waals surface area contributed by atoms with Gasteiger partial charge in [-0.2, -0.15) is 13.2 Å². The van der Waals surface area contributed by atoms with Gasteiger partial charge in [-0.1, -0.05) is 23.7 Å². The summed E-state index contributed by atoms with van der Waals surface area (Å²) >= 11 is 5.89. The lowest BCUT2D eigenvalue weighted by molar-refractivity contribution is -0.156. The van der Waals surface area contributed by atoms with E-state index in [-0.39, 0.29) is 22.4 Å². The van der Waals surface area contributed by atoms with Crippen molar-refractivity contribution in [3.63, 3.8) is 0 Å². The van der Waals surface area contributed by atoms with Crippen molar-refractivity contribution in [2.45, 2.75) is 31.0 Å². The fraction of sp³-hybridized carbons (Fsp3) is 0.294. The van der Waals surface area contributed by atoms with E-state index in [0.29, 0.717) is 18.4 Å². The van der Waals surface area contributed by atoms with Gasteiger partial charge >= 0.3 is 12.1 Å². The van der Waals surface area contributed by atoms with Gasteiger partial charge in [-0.15, -0.1) is 10.2 Å². The molecule has 0 saturated heterocycles. The van der Waals surface area contributed by atoms with E-state index in [1.807, 2.05) is 0 Å². The van der Waals surface area contributed by atoms with E-state index in [4.69, 9.17) is 11.6 Å². The Balaban J connectivity index is 1.57. The summed E-state index contributed by atoms with van der Waals surface area (Å²) in [4.78, 5) is 8.17. The maximum absolute atomic E-state index is 14.5. The highest BCUT2D eigenvalue weighted by molar-refractivity contribution is 6.30. The molecule has 0 radical (unpaired) electrons. The van der Waals surface area contributed by atoms with Crippen molar-refractivity contribution < 1.29 is 22.0 Å². The normalized spacial score (nSPS) is 15.9. The van der Waals surface area contributed by atoms with Gasteiger partial charge in [0, 0.05) is 18.0 Å². The predicted molar refractivity (Wildman–Crippen MR) is 90.9 cm³/mol. The number of aromatic nitrogens is 4. The smallest absolute Gasteiger partial charge is 0.413 e. The Labute approximate surface area is 161 Å². The van der Waals surface area contributed by atoms with Crippen molar-refractivity contribution >= 4 is 17.5 Å². The summed E-state index contributed by atoms with van der Waals surface area (Å²) in [7, 11) is 0. The summed E-state index contributed by atoms with van der Waals surface area (Å²) < 4.78 is 56.7. The molecule has 0 spiro atoms. The quantitative estimate of drug-likeness (QED) is 0.617. The molecular formula is C17H12ClF4N5O. The molecule has 1 aliphatic rings. The monoisotopic (exact) mass is 413 g/mol. The number of rotatable bonds is 4. The zero-order valence-electron chi connectivity index (χ0n) is 14.1. The predicted octanol–water partition coefficient (Wildman–Crippen LogP) is 4.83. The number of halogens is 5. The number of hydrogen-bond acceptors (Lipinski definition) is 6. The number of nitrogens with zero attached hydrogens (tertiary/aromatic N) is 4. The van der Waals surface area contributed by atoms with Crippen LogP contribution in [0, 0.1) is 5.82 Å². The van der Waals surface area contributed by atoms with Gasteiger partial charge in [0.1, 0.15) is 5.82 Å². The molecule has 0 unspecified atom stereocenters. The summed E-state index contributed by atoms with van der Waals surface area (Å²) in [6, 6.07) is 4.79. The van der Waals surface area contributed by atoms with Crippen molar-refractivity contribution in [3.8, 4) is 11.5 Å². The first kappa shape index (κ1) is 18.6. The van der Waals surface area contributed by atoms with Crippen molar-refractivity contribution in [1.29, 1.82) is 0 Å². The molecule has 0 aliphatic heterocycles. The average Bonchev–Trinajstić information content (AvgIpc) is 3.12. The first-order valence-electron chi connectivity index (χ1n) is 8.24. The number of anilines is 1. The van der Waals surface area contributed by atoms with Crippen LogP contribution in [-0.2, 0) is 11.7 Å². The molecule has 0 amide bonds. The molecule has 2 aromatic heterocycles. The van der Waals surface area contributed by atoms with E-state index in [0.717, 1.165) is 6.42 Å². The highest BCUT2D eigenvalue weighted by atomic mass is 35.5. The minimum atomic E-state index is -4.73. The van der Waals surface area contributed by atoms with Crippen molar-refractivity contribution in [2.24, 2.45) is 0 Å². The summed E-state index contributed by atoms with van der Waals surface area (Å²) in [5, 5.41) is 9.45. The van der Waals surface area contributed by atoms with E-state index in [1.54, 1.807) is 12.1 Å². The molecule has 1 fully saturated rings. The third-order valence-electron chi connectivity index (χ3n) is 4.59. The van der Waals surface area contributed by atoms with Crippen LogP contribution < -0.4 is 5.32 Å². The van der Waals surface area contributed by atoms with Crippen LogP contribution in [0.2, 0.25) is 5.02 Å². The van der Waals surface area contributed by atoms with Crippen LogP contribution >= 0.6 is 11.6 Å². The van der Waals surface area contributed by atoms with Gasteiger partial charge in [0.2, 0.25) is 5.95 Å². The molecule has 1 saturated carbocycles. The van der Waals surface area contributed by atoms with Gasteiger partial charge in [0.25, 0.3) is 5.89 Å². The van der Waals surface area contributed by atoms with Crippen LogP contribution in [0.1, 0.15) is 30.7 Å². The zero-order chi connectivity index (χ0) is 19.9. The van der Waals surface area contributed by atoms with E-state index < -0.39 is 23.4 Å². The molecule has 146 valence electrons. The van der Waals surface area contributed by atoms with Gasteiger partial charge in [-0.25, -0.2) is 14.4 Å². The van der Waals surface area contributed by atoms with Crippen LogP contribution in [0.3, 0.4) is 0 Å². The highest BCUT2D eigenvalue weighted by Crippen LogP contribution is 2.45. The first-order valence-corrected chi connectivity index (χ1v) is 8.62. The minimum absolute atomic E-state index is 0.0266. The Morgan fingerprint density at radius 2 is 1.82 bits per heavy atom. The topological polar surface area (TPSA) is 76.7 Å². The SMILES string of the molecule is Fc1c(Cl)cccc1C1(Nc2ncc(-c3nnc(C(F)(F)F)o3)cn2)CCC1. The van der Waals surface area contributed by atoms with E-state index >= 15 is 0 Å². The molecule has 11 heteroatoms. The van der Waals surface area contributed by atoms with Crippen molar-refractivity contribution in [3.05, 3.63) is 52.9 Å². The van der Waals surface area contributed by atoms with E-state index in [9.17, 15) is 17.6 Å². The molecule has 1 N–H and O–H groups in total. The third kappa shape index (κ3) is 3.28. The molecule has 1 aromatic carbocycles. The van der Waals surface area contributed by atoms with E-state index in [1.165, 1.54) is 18.5 Å². The Hall–Kier alpha value is -2.75. The number of benzene rings is 1. The standard InChI is InChI=1S/C17H12ClF4N5O/c18-11-4-1-3-10(12(11)19)16(5-2-6-16)25-15-23-7-9(8-24-15)13-26-27-14(28-13)17(20,21)22/h1,3-4,7-8H,2,5-6H2,(H,23,24,25). The molecular weight excluding hydrogens is 402 g/mol. The van der Waals surface area contributed by atoms with E-state index in [2.05, 4.69) is 29.9 Å². The molecule has 28 heavy (non-hydrogen) atoms. The van der Waals surface area contributed by atoms with Crippen LogP contribution in [0.15, 0.2) is 35.0 Å². The molecule has 2 heterocycles. The van der Waals surface area contributed by atoms with Crippen molar-refractivity contribution in [1.82, 2.24) is 20.2 Å². The number of alkyl halides is 3. The van der Waals surface area contributed by atoms with Crippen LogP contribution in [0.4, 0.5) is 23.5 Å². The van der Waals surface area contributed by atoms with Gasteiger partial charge in [0.15, 0.2) is 0 Å². The maximum atomic E-state index is 14.5. The number of nitrogens with one attached hydrogen (secondary N) is 1. The molecule has 6 nitrogen and oxygen atoms in total. The molecule has 4 rings (SSSR count). The Kier molecular flexibility index (Phi) is 4.45. The Morgan fingerprint density at radius 1 is 1.11 bits per heavy atom. The summed E-state index contributed by atoms with van der Waals surface area (Å²) in [5.41, 5.74) is -0.138. The lowest BCUT2D eigenvalue weighted by Crippen LogP contribution is -2.43. The lowest BCUT2D eigenvalue weighted by atomic mass is 9.71. The maximum Gasteiger partial charge on any atom is 0.470 e. The van der Waals surface area contributed by atoms with Gasteiger partial charge in [0.05, 0.1) is 16.1 Å².